The molecule has 0 aromatic heterocycles. The minimum atomic E-state index is -4.86. The Morgan fingerprint density at radius 2 is 1.49 bits per heavy atom. The molecule has 0 atom stereocenters. The molecule has 0 spiro atoms. The summed E-state index contributed by atoms with van der Waals surface area (Å²) in [4.78, 5) is 27.6. The molecule has 8 nitrogen and oxygen atoms in total. The van der Waals surface area contributed by atoms with Crippen molar-refractivity contribution in [2.24, 2.45) is 0 Å². The van der Waals surface area contributed by atoms with Gasteiger partial charge >= 0.3 is 12.4 Å². The summed E-state index contributed by atoms with van der Waals surface area (Å²) >= 11 is 0. The van der Waals surface area contributed by atoms with E-state index in [2.05, 4.69) is 0 Å². The number of amides is 1. The lowest BCUT2D eigenvalue weighted by molar-refractivity contribution is -0.388. The Morgan fingerprint density at radius 1 is 0.872 bits per heavy atom. The van der Waals surface area contributed by atoms with Gasteiger partial charge in [-0.25, -0.2) is 0 Å². The Morgan fingerprint density at radius 3 is 2.08 bits per heavy atom. The van der Waals surface area contributed by atoms with Gasteiger partial charge in [0.15, 0.2) is 0 Å². The molecule has 2 aromatic carbocycles. The topological polar surface area (TPSA) is 79.2 Å². The number of rotatable bonds is 6. The van der Waals surface area contributed by atoms with Crippen molar-refractivity contribution >= 4 is 23.0 Å². The molecular weight excluding hydrogens is 534 g/mol. The number of anilines is 2. The summed E-state index contributed by atoms with van der Waals surface area (Å²) in [5.74, 6) is -0.244. The van der Waals surface area contributed by atoms with Crippen LogP contribution in [0.5, 0.6) is 0 Å². The maximum Gasteiger partial charge on any atom is 0.423 e. The second-order valence-electron chi connectivity index (χ2n) is 9.37. The third-order valence-corrected chi connectivity index (χ3v) is 6.90. The average Bonchev–Trinajstić information content (AvgIpc) is 2.91. The number of carbonyl (C=O) groups is 1. The molecule has 0 unspecified atom stereocenters. The molecule has 212 valence electrons. The number of nitro benzene ring substituents is 1. The van der Waals surface area contributed by atoms with Gasteiger partial charge in [0.1, 0.15) is 12.2 Å². The summed E-state index contributed by atoms with van der Waals surface area (Å²) in [7, 11) is 0. The fraction of sp³-hybridized carbons (Fsp3) is 0.480. The van der Waals surface area contributed by atoms with E-state index in [0.717, 1.165) is 24.3 Å². The summed E-state index contributed by atoms with van der Waals surface area (Å²) in [6, 6.07) is 7.98. The van der Waals surface area contributed by atoms with Gasteiger partial charge in [-0.1, -0.05) is 6.07 Å². The van der Waals surface area contributed by atoms with Crippen molar-refractivity contribution in [3.8, 4) is 0 Å². The quantitative estimate of drug-likeness (QED) is 0.282. The lowest BCUT2D eigenvalue weighted by Crippen LogP contribution is -2.50. The molecule has 2 aliphatic heterocycles. The van der Waals surface area contributed by atoms with Crippen LogP contribution < -0.4 is 9.80 Å². The van der Waals surface area contributed by atoms with Gasteiger partial charge in [-0.2, -0.15) is 26.3 Å². The molecule has 4 rings (SSSR count). The van der Waals surface area contributed by atoms with E-state index in [-0.39, 0.29) is 24.3 Å². The fourth-order valence-electron chi connectivity index (χ4n) is 4.76. The van der Waals surface area contributed by atoms with Crippen molar-refractivity contribution in [2.45, 2.75) is 31.3 Å². The van der Waals surface area contributed by atoms with Crippen LogP contribution in [0.15, 0.2) is 42.5 Å². The van der Waals surface area contributed by atoms with Gasteiger partial charge in [0.05, 0.1) is 16.6 Å². The number of alkyl halides is 6. The average molecular weight is 560 g/mol. The van der Waals surface area contributed by atoms with E-state index < -0.39 is 34.1 Å². The highest BCUT2D eigenvalue weighted by molar-refractivity contribution is 5.77. The Kier molecular flexibility index (Phi) is 8.23. The van der Waals surface area contributed by atoms with Crippen LogP contribution in [0.1, 0.15) is 24.0 Å². The molecule has 2 aliphatic rings. The van der Waals surface area contributed by atoms with Gasteiger partial charge in [0.25, 0.3) is 5.69 Å². The normalized spacial score (nSPS) is 17.4. The number of hydrogen-bond donors (Lipinski definition) is 0. The number of nitrogens with zero attached hydrogens (tertiary/aromatic N) is 4. The van der Waals surface area contributed by atoms with Crippen molar-refractivity contribution in [1.82, 2.24) is 4.90 Å². The number of piperidine rings is 1. The van der Waals surface area contributed by atoms with Crippen molar-refractivity contribution in [2.75, 3.05) is 55.7 Å². The Labute approximate surface area is 219 Å². The molecular formula is C25H26F6N4O4. The molecule has 2 saturated heterocycles. The van der Waals surface area contributed by atoms with E-state index in [4.69, 9.17) is 4.74 Å². The molecule has 0 radical (unpaired) electrons. The van der Waals surface area contributed by atoms with E-state index in [9.17, 15) is 41.3 Å². The second kappa shape index (κ2) is 11.3. The molecule has 0 aliphatic carbocycles. The van der Waals surface area contributed by atoms with Crippen LogP contribution in [-0.2, 0) is 21.9 Å². The van der Waals surface area contributed by atoms with E-state index in [0.29, 0.717) is 57.8 Å². The Bertz CT molecular complexity index is 1190. The first kappa shape index (κ1) is 28.5. The molecule has 39 heavy (non-hydrogen) atoms. The molecule has 0 bridgehead atoms. The number of benzene rings is 2. The lowest BCUT2D eigenvalue weighted by Gasteiger charge is -2.37. The van der Waals surface area contributed by atoms with Gasteiger partial charge in [-0.05, 0) is 43.2 Å². The Balaban J connectivity index is 1.24. The molecule has 0 N–H and O–H groups in total. The lowest BCUT2D eigenvalue weighted by atomic mass is 10.1. The standard InChI is InChI=1S/C25H26F6N4O4/c26-24(27,28)17-2-1-3-18(14-17)33-10-12-34(13-11-33)23(36)16-39-20-6-8-32(9-7-20)19-4-5-22(35(37)38)21(15-19)25(29,30)31/h1-5,14-15,20H,6-13,16H2. The molecule has 2 aromatic rings. The van der Waals surface area contributed by atoms with Crippen molar-refractivity contribution in [3.05, 3.63) is 63.7 Å². The second-order valence-corrected chi connectivity index (χ2v) is 9.37. The predicted molar refractivity (Wildman–Crippen MR) is 130 cm³/mol. The van der Waals surface area contributed by atoms with E-state index in [1.54, 1.807) is 20.8 Å². The molecule has 2 fully saturated rings. The zero-order valence-corrected chi connectivity index (χ0v) is 20.7. The number of halogens is 6. The molecule has 1 amide bonds. The van der Waals surface area contributed by atoms with Crippen LogP contribution in [0.2, 0.25) is 0 Å². The summed E-state index contributed by atoms with van der Waals surface area (Å²) in [5, 5.41) is 11.0. The smallest absolute Gasteiger partial charge is 0.371 e. The molecule has 0 saturated carbocycles. The third kappa shape index (κ3) is 6.91. The van der Waals surface area contributed by atoms with Gasteiger partial charge in [0.2, 0.25) is 5.91 Å². The van der Waals surface area contributed by atoms with Gasteiger partial charge in [0, 0.05) is 56.7 Å². The minimum absolute atomic E-state index is 0.177. The number of nitro groups is 1. The minimum Gasteiger partial charge on any atom is -0.371 e. The van der Waals surface area contributed by atoms with E-state index in [1.807, 2.05) is 0 Å². The summed E-state index contributed by atoms with van der Waals surface area (Å²) in [6.07, 6.45) is -8.67. The third-order valence-electron chi connectivity index (χ3n) is 6.90. The van der Waals surface area contributed by atoms with Crippen molar-refractivity contribution < 1.29 is 40.8 Å². The number of carbonyl (C=O) groups excluding carboxylic acids is 1. The summed E-state index contributed by atoms with van der Waals surface area (Å²) in [5.41, 5.74) is -2.37. The van der Waals surface area contributed by atoms with Crippen LogP contribution in [0.3, 0.4) is 0 Å². The highest BCUT2D eigenvalue weighted by Crippen LogP contribution is 2.39. The maximum absolute atomic E-state index is 13.3. The zero-order chi connectivity index (χ0) is 28.4. The zero-order valence-electron chi connectivity index (χ0n) is 20.7. The maximum atomic E-state index is 13.3. The molecule has 2 heterocycles. The van der Waals surface area contributed by atoms with E-state index in [1.165, 1.54) is 12.1 Å². The highest BCUT2D eigenvalue weighted by atomic mass is 19.4. The van der Waals surface area contributed by atoms with E-state index >= 15 is 0 Å². The van der Waals surface area contributed by atoms with Crippen molar-refractivity contribution in [3.63, 3.8) is 0 Å². The fourth-order valence-corrected chi connectivity index (χ4v) is 4.76. The SMILES string of the molecule is O=C(COC1CCN(c2ccc([N+](=O)[O-])c(C(F)(F)F)c2)CC1)N1CCN(c2cccc(C(F)(F)F)c2)CC1. The summed E-state index contributed by atoms with van der Waals surface area (Å²) in [6.45, 7) is 1.94. The first-order valence-corrected chi connectivity index (χ1v) is 12.2. The van der Waals surface area contributed by atoms with Crippen LogP contribution in [0, 0.1) is 10.1 Å². The molecule has 14 heteroatoms. The van der Waals surface area contributed by atoms with Gasteiger partial charge in [-0.15, -0.1) is 0 Å². The predicted octanol–water partition coefficient (Wildman–Crippen LogP) is 4.97. The summed E-state index contributed by atoms with van der Waals surface area (Å²) < 4.78 is 84.6. The first-order valence-electron chi connectivity index (χ1n) is 12.2. The number of hydrogen-bond acceptors (Lipinski definition) is 6. The van der Waals surface area contributed by atoms with Gasteiger partial charge in [-0.3, -0.25) is 14.9 Å². The Hall–Kier alpha value is -3.55. The van der Waals surface area contributed by atoms with Gasteiger partial charge < -0.3 is 19.4 Å². The van der Waals surface area contributed by atoms with Crippen LogP contribution in [0.25, 0.3) is 0 Å². The van der Waals surface area contributed by atoms with Crippen molar-refractivity contribution in [1.29, 1.82) is 0 Å². The number of ether oxygens (including phenoxy) is 1. The monoisotopic (exact) mass is 560 g/mol. The first-order chi connectivity index (χ1) is 18.3. The van der Waals surface area contributed by atoms with Crippen LogP contribution >= 0.6 is 0 Å². The van der Waals surface area contributed by atoms with Crippen LogP contribution in [0.4, 0.5) is 43.4 Å². The van der Waals surface area contributed by atoms with Crippen LogP contribution in [-0.4, -0.2) is 67.7 Å². The number of piperazine rings is 1. The largest absolute Gasteiger partial charge is 0.423 e. The highest BCUT2D eigenvalue weighted by Gasteiger charge is 2.39.